The number of carbonyl (C=O) groups excluding carboxylic acids is 1. The zero-order valence-corrected chi connectivity index (χ0v) is 20.6. The van der Waals surface area contributed by atoms with Crippen LogP contribution in [-0.2, 0) is 11.3 Å². The summed E-state index contributed by atoms with van der Waals surface area (Å²) >= 11 is 0. The van der Waals surface area contributed by atoms with E-state index in [0.29, 0.717) is 11.5 Å². The van der Waals surface area contributed by atoms with E-state index in [4.69, 9.17) is 18.9 Å². The predicted octanol–water partition coefficient (Wildman–Crippen LogP) is 4.37. The Morgan fingerprint density at radius 1 is 0.939 bits per heavy atom. The van der Waals surface area contributed by atoms with Crippen molar-refractivity contribution in [3.63, 3.8) is 0 Å². The number of piperidine rings is 1. The average Bonchev–Trinajstić information content (AvgIpc) is 2.84. The zero-order chi connectivity index (χ0) is 24.0. The van der Waals surface area contributed by atoms with Crippen LogP contribution >= 0.6 is 0 Å². The minimum Gasteiger partial charge on any atom is -0.493 e. The van der Waals surface area contributed by atoms with Crippen molar-refractivity contribution in [2.75, 3.05) is 46.4 Å². The fourth-order valence-electron chi connectivity index (χ4n) is 4.43. The number of likely N-dealkylation sites (tertiary alicyclic amines) is 1. The molecule has 3 rings (SSSR count). The molecule has 0 atom stereocenters. The van der Waals surface area contributed by atoms with E-state index < -0.39 is 0 Å². The fourth-order valence-corrected chi connectivity index (χ4v) is 4.43. The van der Waals surface area contributed by atoms with Crippen LogP contribution in [0.4, 0.5) is 5.69 Å². The van der Waals surface area contributed by atoms with E-state index in [2.05, 4.69) is 11.0 Å². The van der Waals surface area contributed by atoms with Gasteiger partial charge < -0.3 is 23.8 Å². The van der Waals surface area contributed by atoms with Gasteiger partial charge in [-0.3, -0.25) is 9.69 Å². The molecule has 0 bridgehead atoms. The average molecular weight is 457 g/mol. The first-order valence-electron chi connectivity index (χ1n) is 11.4. The van der Waals surface area contributed by atoms with E-state index >= 15 is 0 Å². The molecule has 7 nitrogen and oxygen atoms in total. The Bertz CT molecular complexity index is 938. The van der Waals surface area contributed by atoms with Crippen molar-refractivity contribution >= 4 is 11.6 Å². The van der Waals surface area contributed by atoms with Crippen LogP contribution < -0.4 is 23.8 Å². The van der Waals surface area contributed by atoms with Crippen molar-refractivity contribution in [2.45, 2.75) is 39.3 Å². The number of amides is 1. The van der Waals surface area contributed by atoms with E-state index in [1.165, 1.54) is 0 Å². The maximum Gasteiger partial charge on any atom is 0.229 e. The summed E-state index contributed by atoms with van der Waals surface area (Å²) in [5, 5.41) is 0. The molecule has 1 heterocycles. The molecule has 0 radical (unpaired) electrons. The van der Waals surface area contributed by atoms with Crippen molar-refractivity contribution < 1.29 is 23.7 Å². The molecule has 1 fully saturated rings. The van der Waals surface area contributed by atoms with Crippen molar-refractivity contribution in [3.05, 3.63) is 42.0 Å². The van der Waals surface area contributed by atoms with Gasteiger partial charge in [-0.1, -0.05) is 26.0 Å². The summed E-state index contributed by atoms with van der Waals surface area (Å²) < 4.78 is 21.9. The van der Waals surface area contributed by atoms with Crippen LogP contribution in [0.15, 0.2) is 36.4 Å². The second kappa shape index (κ2) is 11.3. The summed E-state index contributed by atoms with van der Waals surface area (Å²) in [7, 11) is 6.55. The van der Waals surface area contributed by atoms with Crippen LogP contribution in [0.25, 0.3) is 0 Å². The lowest BCUT2D eigenvalue weighted by Gasteiger charge is -2.39. The summed E-state index contributed by atoms with van der Waals surface area (Å²) in [6.07, 6.45) is 1.78. The summed E-state index contributed by atoms with van der Waals surface area (Å²) in [5.74, 6) is 2.82. The Morgan fingerprint density at radius 3 is 2.18 bits per heavy atom. The molecule has 33 heavy (non-hydrogen) atoms. The first-order chi connectivity index (χ1) is 15.9. The molecule has 1 amide bonds. The van der Waals surface area contributed by atoms with Crippen LogP contribution in [0.2, 0.25) is 0 Å². The highest BCUT2D eigenvalue weighted by Gasteiger charge is 2.31. The lowest BCUT2D eigenvalue weighted by atomic mass is 9.99. The van der Waals surface area contributed by atoms with Gasteiger partial charge >= 0.3 is 0 Å². The maximum absolute atomic E-state index is 13.2. The van der Waals surface area contributed by atoms with Gasteiger partial charge in [0, 0.05) is 48.9 Å². The Hall–Kier alpha value is -2.93. The monoisotopic (exact) mass is 456 g/mol. The Kier molecular flexibility index (Phi) is 8.44. The number of methoxy groups -OCH3 is 4. The standard InChI is InChI=1S/C26H36N2O5/c1-18(2)26(29)28(21-10-11-22(30-3)24(16-21)32-5)20-12-14-27(15-13-20)17-19-8-7-9-23(31-4)25(19)33-6/h7-11,16,18,20H,12-15,17H2,1-6H3. The number of benzene rings is 2. The molecule has 1 aliphatic heterocycles. The summed E-state index contributed by atoms with van der Waals surface area (Å²) in [5.41, 5.74) is 1.95. The third-order valence-corrected chi connectivity index (χ3v) is 6.18. The second-order valence-corrected chi connectivity index (χ2v) is 8.56. The summed E-state index contributed by atoms with van der Waals surface area (Å²) in [4.78, 5) is 17.6. The number of para-hydroxylation sites is 1. The van der Waals surface area contributed by atoms with Gasteiger partial charge in [0.15, 0.2) is 23.0 Å². The number of nitrogens with zero attached hydrogens (tertiary/aromatic N) is 2. The van der Waals surface area contributed by atoms with Gasteiger partial charge in [0.05, 0.1) is 28.4 Å². The lowest BCUT2D eigenvalue weighted by Crippen LogP contribution is -2.48. The summed E-state index contributed by atoms with van der Waals surface area (Å²) in [6.45, 7) is 6.45. The van der Waals surface area contributed by atoms with Gasteiger partial charge in [-0.05, 0) is 31.0 Å². The SMILES string of the molecule is COc1ccc(N(C(=O)C(C)C)C2CCN(Cc3cccc(OC)c3OC)CC2)cc1OC. The van der Waals surface area contributed by atoms with E-state index in [-0.39, 0.29) is 17.9 Å². The molecule has 0 spiro atoms. The highest BCUT2D eigenvalue weighted by Crippen LogP contribution is 2.35. The molecule has 0 unspecified atom stereocenters. The summed E-state index contributed by atoms with van der Waals surface area (Å²) in [6, 6.07) is 11.8. The van der Waals surface area contributed by atoms with Crippen molar-refractivity contribution in [3.8, 4) is 23.0 Å². The molecule has 2 aromatic rings. The Balaban J connectivity index is 1.77. The molecule has 0 N–H and O–H groups in total. The van der Waals surface area contributed by atoms with Gasteiger partial charge in [-0.15, -0.1) is 0 Å². The third kappa shape index (κ3) is 5.53. The highest BCUT2D eigenvalue weighted by molar-refractivity contribution is 5.95. The largest absolute Gasteiger partial charge is 0.493 e. The van der Waals surface area contributed by atoms with Crippen molar-refractivity contribution in [2.24, 2.45) is 5.92 Å². The number of carbonyl (C=O) groups is 1. The Morgan fingerprint density at radius 2 is 1.61 bits per heavy atom. The molecule has 1 aliphatic rings. The van der Waals surface area contributed by atoms with Gasteiger partial charge in [0.2, 0.25) is 5.91 Å². The van der Waals surface area contributed by atoms with Crippen LogP contribution in [0.5, 0.6) is 23.0 Å². The van der Waals surface area contributed by atoms with Crippen molar-refractivity contribution in [1.82, 2.24) is 4.90 Å². The molecule has 0 aromatic heterocycles. The van der Waals surface area contributed by atoms with Gasteiger partial charge in [0.1, 0.15) is 0 Å². The number of anilines is 1. The van der Waals surface area contributed by atoms with E-state index in [9.17, 15) is 4.79 Å². The fraction of sp³-hybridized carbons (Fsp3) is 0.500. The molecule has 7 heteroatoms. The molecule has 1 saturated heterocycles. The number of rotatable bonds is 9. The second-order valence-electron chi connectivity index (χ2n) is 8.56. The predicted molar refractivity (Wildman–Crippen MR) is 130 cm³/mol. The smallest absolute Gasteiger partial charge is 0.229 e. The minimum atomic E-state index is -0.0998. The molecule has 2 aromatic carbocycles. The minimum absolute atomic E-state index is 0.0998. The van der Waals surface area contributed by atoms with Crippen LogP contribution in [-0.4, -0.2) is 58.4 Å². The third-order valence-electron chi connectivity index (χ3n) is 6.18. The Labute approximate surface area is 197 Å². The zero-order valence-electron chi connectivity index (χ0n) is 20.6. The number of hydrogen-bond acceptors (Lipinski definition) is 6. The van der Waals surface area contributed by atoms with Gasteiger partial charge in [0.25, 0.3) is 0 Å². The van der Waals surface area contributed by atoms with Crippen LogP contribution in [0.3, 0.4) is 0 Å². The van der Waals surface area contributed by atoms with E-state index in [1.807, 2.05) is 49.1 Å². The number of ether oxygens (including phenoxy) is 4. The molecule has 180 valence electrons. The van der Waals surface area contributed by atoms with Crippen LogP contribution in [0, 0.1) is 5.92 Å². The van der Waals surface area contributed by atoms with Gasteiger partial charge in [-0.2, -0.15) is 0 Å². The van der Waals surface area contributed by atoms with Gasteiger partial charge in [-0.25, -0.2) is 0 Å². The first kappa shape index (κ1) is 24.7. The normalized spacial score (nSPS) is 14.8. The maximum atomic E-state index is 13.2. The molecular formula is C26H36N2O5. The van der Waals surface area contributed by atoms with E-state index in [1.54, 1.807) is 28.4 Å². The lowest BCUT2D eigenvalue weighted by molar-refractivity contribution is -0.122. The van der Waals surface area contributed by atoms with Crippen LogP contribution in [0.1, 0.15) is 32.3 Å². The quantitative estimate of drug-likeness (QED) is 0.558. The topological polar surface area (TPSA) is 60.5 Å². The van der Waals surface area contributed by atoms with Crippen molar-refractivity contribution in [1.29, 1.82) is 0 Å². The molecule has 0 aliphatic carbocycles. The molecule has 0 saturated carbocycles. The molecular weight excluding hydrogens is 420 g/mol. The number of hydrogen-bond donors (Lipinski definition) is 0. The first-order valence-corrected chi connectivity index (χ1v) is 11.4. The van der Waals surface area contributed by atoms with E-state index in [0.717, 1.165) is 55.2 Å². The highest BCUT2D eigenvalue weighted by atomic mass is 16.5.